The smallest absolute Gasteiger partial charge is 0.328 e. The Bertz CT molecular complexity index is 376. The van der Waals surface area contributed by atoms with E-state index < -0.39 is 0 Å². The molecule has 1 aliphatic heterocycles. The van der Waals surface area contributed by atoms with Crippen molar-refractivity contribution < 1.29 is 0 Å². The lowest BCUT2D eigenvalue weighted by Crippen LogP contribution is -2.24. The van der Waals surface area contributed by atoms with E-state index in [1.54, 1.807) is 6.20 Å². The molecule has 1 aromatic heterocycles. The van der Waals surface area contributed by atoms with E-state index in [1.165, 1.54) is 0 Å². The molecule has 0 saturated carbocycles. The van der Waals surface area contributed by atoms with Crippen molar-refractivity contribution in [1.29, 1.82) is 0 Å². The SMILES string of the molecule is NC1CCNC(c2ccnc(=O)[nH]2)CC1. The Balaban J connectivity index is 2.13. The van der Waals surface area contributed by atoms with Crippen LogP contribution in [0.1, 0.15) is 31.0 Å². The molecular formula is C10H16N4O. The minimum absolute atomic E-state index is 0.203. The van der Waals surface area contributed by atoms with E-state index in [9.17, 15) is 4.79 Å². The molecule has 1 saturated heterocycles. The highest BCUT2D eigenvalue weighted by molar-refractivity contribution is 5.05. The molecule has 15 heavy (non-hydrogen) atoms. The molecule has 0 bridgehead atoms. The fourth-order valence-electron chi connectivity index (χ4n) is 1.92. The number of hydrogen-bond donors (Lipinski definition) is 3. The van der Waals surface area contributed by atoms with Gasteiger partial charge in [-0.25, -0.2) is 9.78 Å². The van der Waals surface area contributed by atoms with Crippen LogP contribution in [-0.2, 0) is 0 Å². The van der Waals surface area contributed by atoms with Crippen LogP contribution >= 0.6 is 0 Å². The topological polar surface area (TPSA) is 83.8 Å². The standard InChI is InChI=1S/C10H16N4O/c11-7-1-2-8(12-5-3-7)9-4-6-13-10(15)14-9/h4,6-8,12H,1-3,5,11H2,(H,13,14,15). The highest BCUT2D eigenvalue weighted by atomic mass is 16.1. The summed E-state index contributed by atoms with van der Waals surface area (Å²) in [7, 11) is 0. The van der Waals surface area contributed by atoms with Crippen molar-refractivity contribution in [2.75, 3.05) is 6.54 Å². The molecule has 1 aliphatic rings. The lowest BCUT2D eigenvalue weighted by molar-refractivity contribution is 0.515. The van der Waals surface area contributed by atoms with Crippen molar-refractivity contribution >= 4 is 0 Å². The summed E-state index contributed by atoms with van der Waals surface area (Å²) in [6.07, 6.45) is 4.48. The summed E-state index contributed by atoms with van der Waals surface area (Å²) in [5.41, 5.74) is 6.50. The van der Waals surface area contributed by atoms with E-state index in [-0.39, 0.29) is 17.8 Å². The number of H-pyrrole nitrogens is 1. The summed E-state index contributed by atoms with van der Waals surface area (Å²) in [6, 6.07) is 2.32. The van der Waals surface area contributed by atoms with Gasteiger partial charge in [0.1, 0.15) is 0 Å². The number of aromatic nitrogens is 2. The predicted octanol–water partition coefficient (Wildman–Crippen LogP) is -0.0882. The van der Waals surface area contributed by atoms with E-state index in [4.69, 9.17) is 5.73 Å². The molecule has 2 rings (SSSR count). The normalized spacial score (nSPS) is 27.3. The van der Waals surface area contributed by atoms with Gasteiger partial charge in [-0.05, 0) is 31.9 Å². The van der Waals surface area contributed by atoms with E-state index in [0.717, 1.165) is 31.5 Å². The Labute approximate surface area is 88.1 Å². The minimum atomic E-state index is -0.289. The maximum absolute atomic E-state index is 11.1. The first kappa shape index (κ1) is 10.3. The third kappa shape index (κ3) is 2.64. The van der Waals surface area contributed by atoms with Gasteiger partial charge in [0.15, 0.2) is 0 Å². The Hall–Kier alpha value is -1.20. The molecule has 2 atom stereocenters. The van der Waals surface area contributed by atoms with Crippen LogP contribution in [0.3, 0.4) is 0 Å². The number of nitrogens with one attached hydrogen (secondary N) is 2. The average molecular weight is 208 g/mol. The van der Waals surface area contributed by atoms with Crippen LogP contribution in [0.2, 0.25) is 0 Å². The fourth-order valence-corrected chi connectivity index (χ4v) is 1.92. The monoisotopic (exact) mass is 208 g/mol. The number of nitrogens with two attached hydrogens (primary N) is 1. The molecule has 0 aliphatic carbocycles. The van der Waals surface area contributed by atoms with E-state index in [0.29, 0.717) is 0 Å². The lowest BCUT2D eigenvalue weighted by Gasteiger charge is -2.14. The van der Waals surface area contributed by atoms with E-state index >= 15 is 0 Å². The number of nitrogens with zero attached hydrogens (tertiary/aromatic N) is 1. The summed E-state index contributed by atoms with van der Waals surface area (Å²) in [5.74, 6) is 0. The Kier molecular flexibility index (Phi) is 3.13. The largest absolute Gasteiger partial charge is 0.345 e. The second kappa shape index (κ2) is 4.55. The summed E-state index contributed by atoms with van der Waals surface area (Å²) in [4.78, 5) is 17.4. The lowest BCUT2D eigenvalue weighted by atomic mass is 10.1. The molecule has 0 amide bonds. The van der Waals surface area contributed by atoms with Crippen LogP contribution < -0.4 is 16.7 Å². The van der Waals surface area contributed by atoms with Gasteiger partial charge in [-0.2, -0.15) is 0 Å². The Morgan fingerprint density at radius 2 is 2.27 bits per heavy atom. The van der Waals surface area contributed by atoms with Crippen molar-refractivity contribution in [1.82, 2.24) is 15.3 Å². The highest BCUT2D eigenvalue weighted by Crippen LogP contribution is 2.19. The zero-order valence-electron chi connectivity index (χ0n) is 8.57. The van der Waals surface area contributed by atoms with Gasteiger partial charge in [0.05, 0.1) is 0 Å². The summed E-state index contributed by atoms with van der Waals surface area (Å²) in [6.45, 7) is 0.899. The van der Waals surface area contributed by atoms with Crippen molar-refractivity contribution in [3.05, 3.63) is 28.4 Å². The van der Waals surface area contributed by atoms with Gasteiger partial charge >= 0.3 is 5.69 Å². The van der Waals surface area contributed by atoms with Gasteiger partial charge in [0.2, 0.25) is 0 Å². The third-order valence-corrected chi connectivity index (χ3v) is 2.80. The zero-order chi connectivity index (χ0) is 10.7. The summed E-state index contributed by atoms with van der Waals surface area (Å²) in [5, 5.41) is 3.38. The maximum Gasteiger partial charge on any atom is 0.345 e. The minimum Gasteiger partial charge on any atom is -0.328 e. The quantitative estimate of drug-likeness (QED) is 0.602. The van der Waals surface area contributed by atoms with Gasteiger partial charge in [-0.1, -0.05) is 0 Å². The molecule has 1 fully saturated rings. The van der Waals surface area contributed by atoms with E-state index in [1.807, 2.05) is 6.07 Å². The first-order chi connectivity index (χ1) is 7.25. The second-order valence-corrected chi connectivity index (χ2v) is 3.96. The number of aromatic amines is 1. The highest BCUT2D eigenvalue weighted by Gasteiger charge is 2.17. The first-order valence-corrected chi connectivity index (χ1v) is 5.30. The van der Waals surface area contributed by atoms with Crippen LogP contribution in [0.4, 0.5) is 0 Å². The molecule has 82 valence electrons. The van der Waals surface area contributed by atoms with Crippen LogP contribution in [0, 0.1) is 0 Å². The molecule has 0 aromatic carbocycles. The molecule has 4 N–H and O–H groups in total. The Morgan fingerprint density at radius 3 is 3.07 bits per heavy atom. The van der Waals surface area contributed by atoms with E-state index in [2.05, 4.69) is 15.3 Å². The van der Waals surface area contributed by atoms with Crippen LogP contribution in [0.5, 0.6) is 0 Å². The molecule has 2 heterocycles. The van der Waals surface area contributed by atoms with Crippen LogP contribution in [-0.4, -0.2) is 22.6 Å². The molecule has 5 nitrogen and oxygen atoms in total. The van der Waals surface area contributed by atoms with Gasteiger partial charge in [0, 0.05) is 24.0 Å². The summed E-state index contributed by atoms with van der Waals surface area (Å²) < 4.78 is 0. The second-order valence-electron chi connectivity index (χ2n) is 3.96. The molecule has 1 aromatic rings. The van der Waals surface area contributed by atoms with Crippen molar-refractivity contribution in [3.63, 3.8) is 0 Å². The number of rotatable bonds is 1. The van der Waals surface area contributed by atoms with Gasteiger partial charge in [0.25, 0.3) is 0 Å². The maximum atomic E-state index is 11.1. The Morgan fingerprint density at radius 1 is 1.40 bits per heavy atom. The third-order valence-electron chi connectivity index (χ3n) is 2.80. The van der Waals surface area contributed by atoms with Crippen LogP contribution in [0.25, 0.3) is 0 Å². The van der Waals surface area contributed by atoms with Gasteiger partial charge < -0.3 is 16.0 Å². The van der Waals surface area contributed by atoms with Gasteiger partial charge in [-0.15, -0.1) is 0 Å². The molecule has 0 spiro atoms. The molecule has 2 unspecified atom stereocenters. The fraction of sp³-hybridized carbons (Fsp3) is 0.600. The molecule has 5 heteroatoms. The van der Waals surface area contributed by atoms with Gasteiger partial charge in [-0.3, -0.25) is 0 Å². The average Bonchev–Trinajstić information content (AvgIpc) is 2.43. The van der Waals surface area contributed by atoms with Crippen molar-refractivity contribution in [3.8, 4) is 0 Å². The zero-order valence-corrected chi connectivity index (χ0v) is 8.57. The summed E-state index contributed by atoms with van der Waals surface area (Å²) >= 11 is 0. The van der Waals surface area contributed by atoms with Crippen molar-refractivity contribution in [2.45, 2.75) is 31.3 Å². The van der Waals surface area contributed by atoms with Crippen molar-refractivity contribution in [2.24, 2.45) is 5.73 Å². The number of hydrogen-bond acceptors (Lipinski definition) is 4. The predicted molar refractivity (Wildman–Crippen MR) is 57.4 cm³/mol. The van der Waals surface area contributed by atoms with Crippen LogP contribution in [0.15, 0.2) is 17.1 Å². The first-order valence-electron chi connectivity index (χ1n) is 5.30. The molecule has 0 radical (unpaired) electrons. The molecular weight excluding hydrogens is 192 g/mol.